The number of nitrogens with one attached hydrogen (secondary N) is 2. The van der Waals surface area contributed by atoms with Gasteiger partial charge in [-0.1, -0.05) is 42.1 Å². The topological polar surface area (TPSA) is 93.3 Å². The van der Waals surface area contributed by atoms with Gasteiger partial charge in [-0.3, -0.25) is 9.59 Å². The minimum absolute atomic E-state index is 0.00272. The Kier molecular flexibility index (Phi) is 5.81. The molecule has 0 spiro atoms. The van der Waals surface area contributed by atoms with Gasteiger partial charge in [0.2, 0.25) is 5.91 Å². The van der Waals surface area contributed by atoms with Crippen LogP contribution in [0.2, 0.25) is 0 Å². The molecule has 0 saturated heterocycles. The molecule has 0 saturated carbocycles. The van der Waals surface area contributed by atoms with Crippen LogP contribution in [0.5, 0.6) is 11.5 Å². The summed E-state index contributed by atoms with van der Waals surface area (Å²) in [4.78, 5) is 31.5. The number of aromatic amines is 1. The molecule has 1 aliphatic heterocycles. The summed E-state index contributed by atoms with van der Waals surface area (Å²) in [6.45, 7) is 0.988. The number of fused-ring (bicyclic) bond motifs is 1. The Hall–Kier alpha value is -3.26. The van der Waals surface area contributed by atoms with Crippen LogP contribution in [0.15, 0.2) is 64.5 Å². The van der Waals surface area contributed by atoms with Gasteiger partial charge in [0, 0.05) is 23.6 Å². The number of carbonyl (C=O) groups excluding carboxylic acids is 1. The van der Waals surface area contributed by atoms with Gasteiger partial charge < -0.3 is 19.8 Å². The fourth-order valence-electron chi connectivity index (χ4n) is 2.86. The molecule has 1 amide bonds. The zero-order valence-corrected chi connectivity index (χ0v) is 16.3. The van der Waals surface area contributed by atoms with Gasteiger partial charge in [0.05, 0.1) is 12.1 Å². The van der Waals surface area contributed by atoms with Crippen LogP contribution in [0, 0.1) is 0 Å². The molecule has 0 fully saturated rings. The maximum absolute atomic E-state index is 12.4. The van der Waals surface area contributed by atoms with Crippen LogP contribution in [0.4, 0.5) is 5.69 Å². The first-order valence-corrected chi connectivity index (χ1v) is 10.1. The van der Waals surface area contributed by atoms with Crippen molar-refractivity contribution in [3.8, 4) is 11.5 Å². The molecule has 148 valence electrons. The molecule has 0 aliphatic carbocycles. The van der Waals surface area contributed by atoms with E-state index in [0.717, 1.165) is 5.56 Å². The lowest BCUT2D eigenvalue weighted by molar-refractivity contribution is -0.115. The number of hydrogen-bond acceptors (Lipinski definition) is 6. The van der Waals surface area contributed by atoms with E-state index < -0.39 is 0 Å². The largest absolute Gasteiger partial charge is 0.486 e. The highest BCUT2D eigenvalue weighted by Crippen LogP contribution is 2.32. The van der Waals surface area contributed by atoms with Gasteiger partial charge >= 0.3 is 0 Å². The van der Waals surface area contributed by atoms with Crippen molar-refractivity contribution in [3.63, 3.8) is 0 Å². The summed E-state index contributed by atoms with van der Waals surface area (Å²) in [5, 5.41) is 3.29. The number of nitrogens with zero attached hydrogens (tertiary/aromatic N) is 1. The van der Waals surface area contributed by atoms with Gasteiger partial charge in [0.15, 0.2) is 16.7 Å². The molecule has 2 aromatic carbocycles. The Morgan fingerprint density at radius 1 is 1.07 bits per heavy atom. The van der Waals surface area contributed by atoms with Gasteiger partial charge in [-0.05, 0) is 17.7 Å². The summed E-state index contributed by atoms with van der Waals surface area (Å²) in [5.41, 5.74) is 1.86. The van der Waals surface area contributed by atoms with Crippen LogP contribution >= 0.6 is 11.8 Å². The summed E-state index contributed by atoms with van der Waals surface area (Å²) in [5.74, 6) is 1.67. The van der Waals surface area contributed by atoms with Crippen LogP contribution in [0.1, 0.15) is 11.3 Å². The van der Waals surface area contributed by atoms with E-state index in [9.17, 15) is 9.59 Å². The smallest absolute Gasteiger partial charge is 0.251 e. The molecule has 0 bridgehead atoms. The SMILES string of the molecule is O=C(Cc1cc(=O)[nH]c(SCc2ccccc2)n1)Nc1ccc2c(c1)OCCO2. The summed E-state index contributed by atoms with van der Waals surface area (Å²) >= 11 is 1.42. The van der Waals surface area contributed by atoms with Crippen molar-refractivity contribution in [1.29, 1.82) is 0 Å². The number of aromatic nitrogens is 2. The predicted molar refractivity (Wildman–Crippen MR) is 111 cm³/mol. The number of thioether (sulfide) groups is 1. The molecule has 3 aromatic rings. The third-order valence-corrected chi connectivity index (χ3v) is 5.10. The summed E-state index contributed by atoms with van der Waals surface area (Å²) in [7, 11) is 0. The second-order valence-corrected chi connectivity index (χ2v) is 7.36. The highest BCUT2D eigenvalue weighted by molar-refractivity contribution is 7.98. The van der Waals surface area contributed by atoms with Crippen molar-refractivity contribution in [3.05, 3.63) is 76.2 Å². The second-order valence-electron chi connectivity index (χ2n) is 6.40. The van der Waals surface area contributed by atoms with E-state index >= 15 is 0 Å². The minimum atomic E-state index is -0.280. The molecule has 29 heavy (non-hydrogen) atoms. The van der Waals surface area contributed by atoms with Crippen LogP contribution in [-0.4, -0.2) is 29.1 Å². The number of benzene rings is 2. The van der Waals surface area contributed by atoms with Crippen molar-refractivity contribution in [2.45, 2.75) is 17.3 Å². The van der Waals surface area contributed by atoms with E-state index in [1.165, 1.54) is 17.8 Å². The molecule has 2 heterocycles. The molecule has 8 heteroatoms. The van der Waals surface area contributed by atoms with Gasteiger partial charge in [0.25, 0.3) is 5.56 Å². The minimum Gasteiger partial charge on any atom is -0.486 e. The zero-order valence-electron chi connectivity index (χ0n) is 15.5. The lowest BCUT2D eigenvalue weighted by Gasteiger charge is -2.19. The van der Waals surface area contributed by atoms with E-state index in [1.54, 1.807) is 18.2 Å². The third kappa shape index (κ3) is 5.17. The van der Waals surface area contributed by atoms with Crippen molar-refractivity contribution in [1.82, 2.24) is 9.97 Å². The van der Waals surface area contributed by atoms with Gasteiger partial charge in [-0.15, -0.1) is 0 Å². The third-order valence-electron chi connectivity index (χ3n) is 4.16. The van der Waals surface area contributed by atoms with Gasteiger partial charge in [0.1, 0.15) is 13.2 Å². The van der Waals surface area contributed by atoms with E-state index in [4.69, 9.17) is 9.47 Å². The van der Waals surface area contributed by atoms with E-state index in [-0.39, 0.29) is 17.9 Å². The van der Waals surface area contributed by atoms with Crippen molar-refractivity contribution in [2.24, 2.45) is 0 Å². The Labute approximate surface area is 171 Å². The highest BCUT2D eigenvalue weighted by atomic mass is 32.2. The van der Waals surface area contributed by atoms with Gasteiger partial charge in [-0.2, -0.15) is 0 Å². The number of H-pyrrole nitrogens is 1. The van der Waals surface area contributed by atoms with E-state index in [0.29, 0.717) is 47.0 Å². The fraction of sp³-hybridized carbons (Fsp3) is 0.190. The predicted octanol–water partition coefficient (Wildman–Crippen LogP) is 3.01. The lowest BCUT2D eigenvalue weighted by Crippen LogP contribution is -2.19. The Bertz CT molecular complexity index is 1070. The number of rotatable bonds is 6. The molecule has 7 nitrogen and oxygen atoms in total. The molecule has 0 unspecified atom stereocenters. The van der Waals surface area contributed by atoms with Crippen LogP contribution in [0.25, 0.3) is 0 Å². The van der Waals surface area contributed by atoms with E-state index in [1.807, 2.05) is 30.3 Å². The molecule has 1 aliphatic rings. The fourth-order valence-corrected chi connectivity index (χ4v) is 3.71. The number of hydrogen-bond donors (Lipinski definition) is 2. The molecular formula is C21H19N3O4S. The standard InChI is InChI=1S/C21H19N3O4S/c25-19(22-15-6-7-17-18(10-15)28-9-8-27-17)11-16-12-20(26)24-21(23-16)29-13-14-4-2-1-3-5-14/h1-7,10,12H,8-9,11,13H2,(H,22,25)(H,23,24,26). The van der Waals surface area contributed by atoms with Crippen molar-refractivity contribution >= 4 is 23.4 Å². The monoisotopic (exact) mass is 409 g/mol. The normalized spacial score (nSPS) is 12.4. The average molecular weight is 409 g/mol. The lowest BCUT2D eigenvalue weighted by atomic mass is 10.2. The van der Waals surface area contributed by atoms with Crippen LogP contribution < -0.4 is 20.3 Å². The average Bonchev–Trinajstić information content (AvgIpc) is 2.72. The molecule has 4 rings (SSSR count). The maximum Gasteiger partial charge on any atom is 0.251 e. The number of carbonyl (C=O) groups is 1. The van der Waals surface area contributed by atoms with E-state index in [2.05, 4.69) is 15.3 Å². The number of ether oxygens (including phenoxy) is 2. The van der Waals surface area contributed by atoms with Crippen molar-refractivity contribution in [2.75, 3.05) is 18.5 Å². The molecule has 1 aromatic heterocycles. The number of amides is 1. The molecular weight excluding hydrogens is 390 g/mol. The highest BCUT2D eigenvalue weighted by Gasteiger charge is 2.14. The van der Waals surface area contributed by atoms with Crippen LogP contribution in [-0.2, 0) is 17.0 Å². The first-order chi connectivity index (χ1) is 14.2. The maximum atomic E-state index is 12.4. The zero-order chi connectivity index (χ0) is 20.1. The quantitative estimate of drug-likeness (QED) is 0.480. The number of anilines is 1. The second kappa shape index (κ2) is 8.83. The molecule has 0 atom stereocenters. The molecule has 2 N–H and O–H groups in total. The Balaban J connectivity index is 1.40. The first kappa shape index (κ1) is 19.1. The van der Waals surface area contributed by atoms with Gasteiger partial charge in [-0.25, -0.2) is 4.98 Å². The molecule has 0 radical (unpaired) electrons. The van der Waals surface area contributed by atoms with Crippen molar-refractivity contribution < 1.29 is 14.3 Å². The summed E-state index contributed by atoms with van der Waals surface area (Å²) < 4.78 is 11.0. The van der Waals surface area contributed by atoms with Crippen LogP contribution in [0.3, 0.4) is 0 Å². The Morgan fingerprint density at radius 3 is 2.69 bits per heavy atom. The Morgan fingerprint density at radius 2 is 1.86 bits per heavy atom. The summed E-state index contributed by atoms with van der Waals surface area (Å²) in [6, 6.07) is 16.5. The summed E-state index contributed by atoms with van der Waals surface area (Å²) in [6.07, 6.45) is -0.00272. The first-order valence-electron chi connectivity index (χ1n) is 9.12.